The van der Waals surface area contributed by atoms with Crippen LogP contribution in [0.15, 0.2) is 71.6 Å². The monoisotopic (exact) mass is 623 g/mol. The SMILES string of the molecule is CCCCNC(=O)C(C)N(Cc1ccc(Cl)c(Cl)c1)C(=O)CN(c1ccc(C)c(Cl)c1)S(=O)(=O)c1ccccc1. The van der Waals surface area contributed by atoms with Gasteiger partial charge in [-0.15, -0.1) is 0 Å². The average molecular weight is 625 g/mol. The third kappa shape index (κ3) is 7.91. The topological polar surface area (TPSA) is 86.8 Å². The number of hydrogen-bond acceptors (Lipinski definition) is 4. The minimum Gasteiger partial charge on any atom is -0.354 e. The Labute approximate surface area is 251 Å². The first kappa shape index (κ1) is 31.7. The lowest BCUT2D eigenvalue weighted by Crippen LogP contribution is -2.51. The molecule has 3 aromatic rings. The van der Waals surface area contributed by atoms with E-state index in [1.807, 2.05) is 6.92 Å². The summed E-state index contributed by atoms with van der Waals surface area (Å²) in [4.78, 5) is 28.3. The summed E-state index contributed by atoms with van der Waals surface area (Å²) in [7, 11) is -4.17. The van der Waals surface area contributed by atoms with Crippen LogP contribution in [0.1, 0.15) is 37.8 Å². The van der Waals surface area contributed by atoms with Crippen LogP contribution in [0, 0.1) is 6.92 Å². The number of halogens is 3. The molecular formula is C29H32Cl3N3O4S. The van der Waals surface area contributed by atoms with Crippen molar-refractivity contribution in [3.63, 3.8) is 0 Å². The predicted molar refractivity (Wildman–Crippen MR) is 162 cm³/mol. The first-order valence-electron chi connectivity index (χ1n) is 12.8. The van der Waals surface area contributed by atoms with Crippen molar-refractivity contribution in [1.82, 2.24) is 10.2 Å². The maximum Gasteiger partial charge on any atom is 0.264 e. The van der Waals surface area contributed by atoms with Gasteiger partial charge >= 0.3 is 0 Å². The summed E-state index contributed by atoms with van der Waals surface area (Å²) < 4.78 is 28.6. The zero-order valence-corrected chi connectivity index (χ0v) is 25.6. The number of hydrogen-bond donors (Lipinski definition) is 1. The molecular weight excluding hydrogens is 593 g/mol. The molecule has 2 amide bonds. The molecule has 214 valence electrons. The summed E-state index contributed by atoms with van der Waals surface area (Å²) >= 11 is 18.6. The van der Waals surface area contributed by atoms with Crippen LogP contribution < -0.4 is 9.62 Å². The number of carbonyl (C=O) groups is 2. The van der Waals surface area contributed by atoms with Crippen molar-refractivity contribution < 1.29 is 18.0 Å². The van der Waals surface area contributed by atoms with Gasteiger partial charge in [0.1, 0.15) is 12.6 Å². The summed E-state index contributed by atoms with van der Waals surface area (Å²) in [6.45, 7) is 5.32. The molecule has 0 saturated carbocycles. The summed E-state index contributed by atoms with van der Waals surface area (Å²) in [5, 5.41) is 3.86. The Hall–Kier alpha value is -2.78. The number of benzene rings is 3. The van der Waals surface area contributed by atoms with Gasteiger partial charge in [-0.3, -0.25) is 13.9 Å². The number of nitrogens with zero attached hydrogens (tertiary/aromatic N) is 2. The van der Waals surface area contributed by atoms with Gasteiger partial charge in [0, 0.05) is 18.1 Å². The number of aryl methyl sites for hydroxylation is 1. The fourth-order valence-corrected chi connectivity index (χ4v) is 5.86. The molecule has 0 aliphatic heterocycles. The molecule has 0 radical (unpaired) electrons. The number of rotatable bonds is 12. The number of nitrogens with one attached hydrogen (secondary N) is 1. The van der Waals surface area contributed by atoms with E-state index in [4.69, 9.17) is 34.8 Å². The minimum atomic E-state index is -4.17. The van der Waals surface area contributed by atoms with Crippen LogP contribution in [0.3, 0.4) is 0 Å². The Morgan fingerprint density at radius 2 is 1.62 bits per heavy atom. The predicted octanol–water partition coefficient (Wildman–Crippen LogP) is 6.48. The van der Waals surface area contributed by atoms with Crippen molar-refractivity contribution in [2.45, 2.75) is 51.1 Å². The Kier molecular flexibility index (Phi) is 11.3. The average Bonchev–Trinajstić information content (AvgIpc) is 2.93. The fourth-order valence-electron chi connectivity index (χ4n) is 3.94. The van der Waals surface area contributed by atoms with Crippen LogP contribution >= 0.6 is 34.8 Å². The van der Waals surface area contributed by atoms with Gasteiger partial charge in [-0.2, -0.15) is 0 Å². The van der Waals surface area contributed by atoms with Gasteiger partial charge in [0.15, 0.2) is 0 Å². The highest BCUT2D eigenvalue weighted by molar-refractivity contribution is 7.92. The molecule has 0 fully saturated rings. The standard InChI is InChI=1S/C29H32Cl3N3O4S/c1-4-5-15-33-29(37)21(3)34(18-22-12-14-25(30)27(32)16-22)28(36)19-35(23-13-11-20(2)26(31)17-23)40(38,39)24-9-7-6-8-10-24/h6-14,16-17,21H,4-5,15,18-19H2,1-3H3,(H,33,37). The van der Waals surface area contributed by atoms with Gasteiger partial charge in [0.2, 0.25) is 11.8 Å². The number of carbonyl (C=O) groups excluding carboxylic acids is 2. The van der Waals surface area contributed by atoms with Gasteiger partial charge in [-0.1, -0.05) is 78.5 Å². The van der Waals surface area contributed by atoms with Crippen molar-refractivity contribution in [3.05, 3.63) is 92.9 Å². The largest absolute Gasteiger partial charge is 0.354 e. The van der Waals surface area contributed by atoms with Gasteiger partial charge in [0.25, 0.3) is 10.0 Å². The van der Waals surface area contributed by atoms with Crippen molar-refractivity contribution in [1.29, 1.82) is 0 Å². The molecule has 1 N–H and O–H groups in total. The summed E-state index contributed by atoms with van der Waals surface area (Å²) in [5.41, 5.74) is 1.61. The second-order valence-electron chi connectivity index (χ2n) is 9.35. The first-order chi connectivity index (χ1) is 18.9. The van der Waals surface area contributed by atoms with Crippen molar-refractivity contribution in [2.75, 3.05) is 17.4 Å². The molecule has 11 heteroatoms. The van der Waals surface area contributed by atoms with Crippen LogP contribution in [-0.4, -0.2) is 44.3 Å². The Morgan fingerprint density at radius 3 is 2.25 bits per heavy atom. The molecule has 0 aliphatic carbocycles. The van der Waals surface area contributed by atoms with Gasteiger partial charge < -0.3 is 10.2 Å². The number of anilines is 1. The van der Waals surface area contributed by atoms with E-state index < -0.39 is 28.5 Å². The third-order valence-electron chi connectivity index (χ3n) is 6.39. The van der Waals surface area contributed by atoms with E-state index in [1.165, 1.54) is 23.1 Å². The van der Waals surface area contributed by atoms with Crippen LogP contribution in [0.4, 0.5) is 5.69 Å². The first-order valence-corrected chi connectivity index (χ1v) is 15.4. The number of sulfonamides is 1. The Morgan fingerprint density at radius 1 is 0.925 bits per heavy atom. The van der Waals surface area contributed by atoms with E-state index in [0.29, 0.717) is 27.2 Å². The zero-order chi connectivity index (χ0) is 29.4. The van der Waals surface area contributed by atoms with E-state index in [1.54, 1.807) is 62.4 Å². The molecule has 0 spiro atoms. The number of unbranched alkanes of at least 4 members (excludes halogenated alkanes) is 1. The third-order valence-corrected chi connectivity index (χ3v) is 9.32. The lowest BCUT2D eigenvalue weighted by atomic mass is 10.1. The van der Waals surface area contributed by atoms with Crippen LogP contribution in [-0.2, 0) is 26.2 Å². The molecule has 3 rings (SSSR count). The second-order valence-corrected chi connectivity index (χ2v) is 12.4. The molecule has 0 bridgehead atoms. The van der Waals surface area contributed by atoms with Crippen LogP contribution in [0.5, 0.6) is 0 Å². The Balaban J connectivity index is 2.02. The highest BCUT2D eigenvalue weighted by atomic mass is 35.5. The normalized spacial score (nSPS) is 12.1. The van der Waals surface area contributed by atoms with E-state index >= 15 is 0 Å². The molecule has 0 heterocycles. The van der Waals surface area contributed by atoms with Crippen molar-refractivity contribution in [2.24, 2.45) is 0 Å². The molecule has 40 heavy (non-hydrogen) atoms. The molecule has 0 aromatic heterocycles. The summed E-state index contributed by atoms with van der Waals surface area (Å²) in [5.74, 6) is -0.932. The minimum absolute atomic E-state index is 0.00592. The van der Waals surface area contributed by atoms with Gasteiger partial charge in [-0.25, -0.2) is 8.42 Å². The maximum atomic E-state index is 13.9. The quantitative estimate of drug-likeness (QED) is 0.234. The van der Waals surface area contributed by atoms with Crippen molar-refractivity contribution in [3.8, 4) is 0 Å². The number of amides is 2. The second kappa shape index (κ2) is 14.2. The summed E-state index contributed by atoms with van der Waals surface area (Å²) in [6, 6.07) is 16.6. The smallest absolute Gasteiger partial charge is 0.264 e. The van der Waals surface area contributed by atoms with Gasteiger partial charge in [0.05, 0.1) is 20.6 Å². The lowest BCUT2D eigenvalue weighted by molar-refractivity contribution is -0.139. The summed E-state index contributed by atoms with van der Waals surface area (Å²) in [6.07, 6.45) is 1.68. The van der Waals surface area contributed by atoms with Crippen molar-refractivity contribution >= 4 is 62.3 Å². The molecule has 0 aliphatic rings. The molecule has 3 aromatic carbocycles. The van der Waals surface area contributed by atoms with Crippen LogP contribution in [0.25, 0.3) is 0 Å². The fraction of sp³-hybridized carbons (Fsp3) is 0.310. The Bertz CT molecular complexity index is 1450. The molecule has 1 atom stereocenters. The zero-order valence-electron chi connectivity index (χ0n) is 22.5. The van der Waals surface area contributed by atoms with Crippen LogP contribution in [0.2, 0.25) is 15.1 Å². The van der Waals surface area contributed by atoms with E-state index in [9.17, 15) is 18.0 Å². The lowest BCUT2D eigenvalue weighted by Gasteiger charge is -2.32. The van der Waals surface area contributed by atoms with E-state index in [-0.39, 0.29) is 23.0 Å². The highest BCUT2D eigenvalue weighted by Gasteiger charge is 2.32. The molecule has 0 saturated heterocycles. The highest BCUT2D eigenvalue weighted by Crippen LogP contribution is 2.29. The molecule has 7 nitrogen and oxygen atoms in total. The van der Waals surface area contributed by atoms with Gasteiger partial charge in [-0.05, 0) is 67.8 Å². The van der Waals surface area contributed by atoms with E-state index in [0.717, 1.165) is 22.7 Å². The van der Waals surface area contributed by atoms with E-state index in [2.05, 4.69) is 5.32 Å². The maximum absolute atomic E-state index is 13.9. The molecule has 1 unspecified atom stereocenters.